The highest BCUT2D eigenvalue weighted by atomic mass is 19.2. The van der Waals surface area contributed by atoms with Crippen LogP contribution in [-0.2, 0) is 11.2 Å². The summed E-state index contributed by atoms with van der Waals surface area (Å²) in [5.74, 6) is -0.924. The Morgan fingerprint density at radius 2 is 1.83 bits per heavy atom. The zero-order chi connectivity index (χ0) is 31.5. The van der Waals surface area contributed by atoms with Gasteiger partial charge in [-0.05, 0) is 92.8 Å². The maximum atomic E-state index is 14.1. The van der Waals surface area contributed by atoms with Crippen LogP contribution in [0.25, 0.3) is 33.4 Å². The monoisotopic (exact) mass is 624 g/mol. The van der Waals surface area contributed by atoms with Crippen LogP contribution in [-0.4, -0.2) is 45.3 Å². The fourth-order valence-corrected chi connectivity index (χ4v) is 7.66. The predicted molar refractivity (Wildman–Crippen MR) is 169 cm³/mol. The van der Waals surface area contributed by atoms with E-state index < -0.39 is 11.6 Å². The molecule has 5 aromatic rings. The Morgan fingerprint density at radius 1 is 0.978 bits per heavy atom. The molecule has 236 valence electrons. The summed E-state index contributed by atoms with van der Waals surface area (Å²) in [4.78, 5) is 33.6. The third-order valence-electron chi connectivity index (χ3n) is 10.1. The minimum Gasteiger partial charge on any atom is -0.381 e. The van der Waals surface area contributed by atoms with E-state index in [2.05, 4.69) is 5.16 Å². The van der Waals surface area contributed by atoms with Gasteiger partial charge in [-0.1, -0.05) is 12.1 Å². The first kappa shape index (κ1) is 28.9. The number of aromatic nitrogens is 3. The molecule has 3 aliphatic rings. The number of amides is 1. The number of fused-ring (bicyclic) bond motifs is 4. The Labute approximate surface area is 264 Å². The smallest absolute Gasteiger partial charge is 0.280 e. The van der Waals surface area contributed by atoms with Gasteiger partial charge in [0.25, 0.3) is 11.5 Å². The number of H-pyrrole nitrogens is 1. The van der Waals surface area contributed by atoms with Crippen molar-refractivity contribution in [1.82, 2.24) is 19.6 Å². The molecule has 10 heteroatoms. The van der Waals surface area contributed by atoms with Crippen molar-refractivity contribution in [3.8, 4) is 22.5 Å². The number of hydrogen-bond acceptors (Lipinski definition) is 5. The molecule has 2 aromatic carbocycles. The number of pyridine rings is 1. The predicted octanol–water partition coefficient (Wildman–Crippen LogP) is 7.19. The van der Waals surface area contributed by atoms with Crippen LogP contribution in [0.15, 0.2) is 64.0 Å². The van der Waals surface area contributed by atoms with Crippen LogP contribution in [0.3, 0.4) is 0 Å². The SMILES string of the molecule is C[C@@H](c1ccc(F)c(F)c1)n1ccc2cc(-c3c4c(nc(CCC5CCOCC5)c3-c3cc(=O)[nH]o3)[C@H]3CCCN3C4=O)ccc21. The number of carbonyl (C=O) groups is 1. The Hall–Kier alpha value is -4.57. The lowest BCUT2D eigenvalue weighted by Crippen LogP contribution is -2.22. The molecule has 1 amide bonds. The molecule has 0 unspecified atom stereocenters. The Bertz CT molecular complexity index is 2040. The molecule has 3 aromatic heterocycles. The van der Waals surface area contributed by atoms with Gasteiger partial charge in [-0.15, -0.1) is 0 Å². The first-order valence-corrected chi connectivity index (χ1v) is 16.1. The maximum absolute atomic E-state index is 14.1. The van der Waals surface area contributed by atoms with Crippen LogP contribution in [0, 0.1) is 17.6 Å². The van der Waals surface area contributed by atoms with Crippen LogP contribution in [0.2, 0.25) is 0 Å². The molecule has 2 atom stereocenters. The molecule has 0 spiro atoms. The van der Waals surface area contributed by atoms with Crippen molar-refractivity contribution < 1.29 is 22.8 Å². The van der Waals surface area contributed by atoms with Gasteiger partial charge in [0.1, 0.15) is 0 Å². The normalized spacial score (nSPS) is 18.8. The Kier molecular flexibility index (Phi) is 7.12. The number of aromatic amines is 1. The van der Waals surface area contributed by atoms with Gasteiger partial charge in [-0.2, -0.15) is 5.16 Å². The highest BCUT2D eigenvalue weighted by Gasteiger charge is 2.44. The molecule has 0 saturated carbocycles. The molecule has 2 saturated heterocycles. The van der Waals surface area contributed by atoms with E-state index in [9.17, 15) is 18.4 Å². The van der Waals surface area contributed by atoms with Gasteiger partial charge in [0.2, 0.25) is 0 Å². The van der Waals surface area contributed by atoms with Crippen LogP contribution >= 0.6 is 0 Å². The second-order valence-electron chi connectivity index (χ2n) is 12.7. The van der Waals surface area contributed by atoms with Crippen molar-refractivity contribution in [3.63, 3.8) is 0 Å². The minimum absolute atomic E-state index is 0.0419. The average molecular weight is 625 g/mol. The van der Waals surface area contributed by atoms with Crippen molar-refractivity contribution in [3.05, 3.63) is 99.2 Å². The Balaban J connectivity index is 1.29. The van der Waals surface area contributed by atoms with E-state index in [0.29, 0.717) is 41.3 Å². The van der Waals surface area contributed by atoms with E-state index in [-0.39, 0.29) is 23.6 Å². The van der Waals surface area contributed by atoms with Gasteiger partial charge >= 0.3 is 0 Å². The number of hydrogen-bond donors (Lipinski definition) is 1. The van der Waals surface area contributed by atoms with Gasteiger partial charge in [0.05, 0.1) is 40.7 Å². The van der Waals surface area contributed by atoms with E-state index in [1.807, 2.05) is 46.9 Å². The van der Waals surface area contributed by atoms with E-state index in [1.165, 1.54) is 12.1 Å². The van der Waals surface area contributed by atoms with Crippen molar-refractivity contribution in [2.24, 2.45) is 5.92 Å². The average Bonchev–Trinajstić information content (AvgIpc) is 3.87. The van der Waals surface area contributed by atoms with Crippen LogP contribution < -0.4 is 5.56 Å². The number of ether oxygens (including phenoxy) is 1. The second kappa shape index (κ2) is 11.3. The summed E-state index contributed by atoms with van der Waals surface area (Å²) >= 11 is 0. The van der Waals surface area contributed by atoms with Gasteiger partial charge in [-0.25, -0.2) is 8.78 Å². The van der Waals surface area contributed by atoms with E-state index >= 15 is 0 Å². The zero-order valence-corrected chi connectivity index (χ0v) is 25.5. The number of rotatable bonds is 7. The fourth-order valence-electron chi connectivity index (χ4n) is 7.66. The first-order chi connectivity index (χ1) is 22.4. The second-order valence-corrected chi connectivity index (χ2v) is 12.7. The van der Waals surface area contributed by atoms with E-state index in [0.717, 1.165) is 84.8 Å². The summed E-state index contributed by atoms with van der Waals surface area (Å²) in [5.41, 5.74) is 5.65. The summed E-state index contributed by atoms with van der Waals surface area (Å²) < 4.78 is 41.1. The van der Waals surface area contributed by atoms with Crippen LogP contribution in [0.5, 0.6) is 0 Å². The topological polar surface area (TPSA) is 93.4 Å². The maximum Gasteiger partial charge on any atom is 0.280 e. The van der Waals surface area contributed by atoms with Crippen LogP contribution in [0.4, 0.5) is 8.78 Å². The molecule has 8 nitrogen and oxygen atoms in total. The molecule has 2 fully saturated rings. The summed E-state index contributed by atoms with van der Waals surface area (Å²) in [5, 5.41) is 3.37. The van der Waals surface area contributed by atoms with Gasteiger partial charge in [-0.3, -0.25) is 14.6 Å². The van der Waals surface area contributed by atoms with E-state index in [4.69, 9.17) is 14.2 Å². The highest BCUT2D eigenvalue weighted by Crippen LogP contribution is 2.48. The first-order valence-electron chi connectivity index (χ1n) is 16.1. The lowest BCUT2D eigenvalue weighted by molar-refractivity contribution is 0.0639. The van der Waals surface area contributed by atoms with Crippen molar-refractivity contribution in [1.29, 1.82) is 0 Å². The van der Waals surface area contributed by atoms with Crippen molar-refractivity contribution in [2.45, 2.75) is 57.5 Å². The van der Waals surface area contributed by atoms with Gasteiger partial charge < -0.3 is 18.7 Å². The molecule has 3 aliphatic heterocycles. The molecule has 0 bridgehead atoms. The number of benzene rings is 2. The van der Waals surface area contributed by atoms with Gasteiger partial charge in [0, 0.05) is 42.4 Å². The molecular formula is C36H34F2N4O4. The van der Waals surface area contributed by atoms with Crippen LogP contribution in [0.1, 0.15) is 78.4 Å². The number of halogens is 2. The Morgan fingerprint density at radius 3 is 2.61 bits per heavy atom. The molecule has 0 radical (unpaired) electrons. The number of nitrogens with zero attached hydrogens (tertiary/aromatic N) is 3. The largest absolute Gasteiger partial charge is 0.381 e. The zero-order valence-electron chi connectivity index (χ0n) is 25.5. The standard InChI is InChI=1S/C36H34F2N4O4/c1-20(22-5-7-25(37)26(38)18-22)41-14-10-23-17-24(6-9-28(23)41)32-33(30-19-31(43)40-46-30)27(8-4-21-11-15-45-16-12-21)39-35-29-3-2-13-42(29)36(44)34(32)35/h5-7,9-10,14,17-21,29H,2-4,8,11-13,15-16H2,1H3,(H,40,43)/t20-,29+/m0/s1. The molecular weight excluding hydrogens is 590 g/mol. The molecule has 1 N–H and O–H groups in total. The summed E-state index contributed by atoms with van der Waals surface area (Å²) in [6.07, 6.45) is 7.34. The van der Waals surface area contributed by atoms with Crippen molar-refractivity contribution >= 4 is 16.8 Å². The minimum atomic E-state index is -0.878. The van der Waals surface area contributed by atoms with E-state index in [1.54, 1.807) is 6.07 Å². The highest BCUT2D eigenvalue weighted by molar-refractivity contribution is 6.09. The number of carbonyl (C=O) groups excluding carboxylic acids is 1. The molecule has 6 heterocycles. The van der Waals surface area contributed by atoms with Gasteiger partial charge in [0.15, 0.2) is 17.4 Å². The molecule has 0 aliphatic carbocycles. The fraction of sp³-hybridized carbons (Fsp3) is 0.361. The third kappa shape index (κ3) is 4.78. The number of aryl methyl sites for hydroxylation is 1. The summed E-state index contributed by atoms with van der Waals surface area (Å²) in [6, 6.07) is 13.1. The summed E-state index contributed by atoms with van der Waals surface area (Å²) in [6.45, 7) is 4.15. The lowest BCUT2D eigenvalue weighted by atomic mass is 9.87. The quantitative estimate of drug-likeness (QED) is 0.207. The third-order valence-corrected chi connectivity index (χ3v) is 10.1. The molecule has 46 heavy (non-hydrogen) atoms. The summed E-state index contributed by atoms with van der Waals surface area (Å²) in [7, 11) is 0. The van der Waals surface area contributed by atoms with Crippen molar-refractivity contribution in [2.75, 3.05) is 19.8 Å². The lowest BCUT2D eigenvalue weighted by Gasteiger charge is -2.23. The number of nitrogens with one attached hydrogen (secondary N) is 1. The molecule has 8 rings (SSSR count).